The monoisotopic (exact) mass is 416 g/mol. The van der Waals surface area contributed by atoms with Gasteiger partial charge in [-0.15, -0.1) is 0 Å². The first-order valence-electron chi connectivity index (χ1n) is 9.95. The van der Waals surface area contributed by atoms with Gasteiger partial charge in [-0.25, -0.2) is 8.42 Å². The molecule has 27 heavy (non-hydrogen) atoms. The quantitative estimate of drug-likeness (QED) is 0.161. The minimum absolute atomic E-state index is 0. The molecule has 0 saturated carbocycles. The van der Waals surface area contributed by atoms with Crippen molar-refractivity contribution in [3.63, 3.8) is 0 Å². The Bertz CT molecular complexity index is 461. The van der Waals surface area contributed by atoms with Gasteiger partial charge < -0.3 is 14.0 Å². The van der Waals surface area contributed by atoms with Gasteiger partial charge in [0.25, 0.3) is 0 Å². The van der Waals surface area contributed by atoms with Crippen molar-refractivity contribution in [1.29, 1.82) is 0 Å². The Morgan fingerprint density at radius 3 is 2.00 bits per heavy atom. The standard InChI is InChI=1S/C19H38O6S.Na/c1-5-8-10-17(11-9-6-2)15-25-19(20)18(26(21,22)23)12-13-24-14-16(4)7-3;/h16-18H,5-15H2,1-4H3,(H,21,22,23);/q;+1/p-1. The first-order chi connectivity index (χ1) is 12.3. The molecule has 0 aromatic carbocycles. The molecule has 0 N–H and O–H groups in total. The first kappa shape index (κ1) is 29.5. The molecule has 2 atom stereocenters. The van der Waals surface area contributed by atoms with Crippen molar-refractivity contribution < 1.29 is 56.8 Å². The van der Waals surface area contributed by atoms with Crippen molar-refractivity contribution in [1.82, 2.24) is 0 Å². The van der Waals surface area contributed by atoms with E-state index in [-0.39, 0.29) is 55.1 Å². The van der Waals surface area contributed by atoms with Gasteiger partial charge >= 0.3 is 35.5 Å². The van der Waals surface area contributed by atoms with E-state index in [0.717, 1.165) is 44.9 Å². The molecule has 0 aliphatic heterocycles. The molecule has 0 heterocycles. The van der Waals surface area contributed by atoms with Gasteiger partial charge in [-0.3, -0.25) is 4.79 Å². The fraction of sp³-hybridized carbons (Fsp3) is 0.947. The molecule has 0 aromatic rings. The van der Waals surface area contributed by atoms with Crippen molar-refractivity contribution in [3.8, 4) is 0 Å². The molecule has 0 aliphatic rings. The normalized spacial score (nSPS) is 13.9. The molecule has 156 valence electrons. The van der Waals surface area contributed by atoms with Crippen LogP contribution in [0.15, 0.2) is 0 Å². The number of unbranched alkanes of at least 4 members (excludes halogenated alkanes) is 2. The van der Waals surface area contributed by atoms with Gasteiger partial charge in [-0.1, -0.05) is 59.8 Å². The summed E-state index contributed by atoms with van der Waals surface area (Å²) in [5.41, 5.74) is 0. The largest absolute Gasteiger partial charge is 1.00 e. The van der Waals surface area contributed by atoms with Crippen LogP contribution in [0, 0.1) is 11.8 Å². The second-order valence-electron chi connectivity index (χ2n) is 7.14. The van der Waals surface area contributed by atoms with Crippen LogP contribution in [0.2, 0.25) is 0 Å². The van der Waals surface area contributed by atoms with E-state index >= 15 is 0 Å². The summed E-state index contributed by atoms with van der Waals surface area (Å²) in [6.07, 6.45) is 6.87. The molecule has 0 bridgehead atoms. The summed E-state index contributed by atoms with van der Waals surface area (Å²) in [5, 5.41) is -1.68. The van der Waals surface area contributed by atoms with E-state index in [1.165, 1.54) is 0 Å². The van der Waals surface area contributed by atoms with E-state index in [4.69, 9.17) is 9.47 Å². The fourth-order valence-corrected chi connectivity index (χ4v) is 3.25. The summed E-state index contributed by atoms with van der Waals surface area (Å²) in [5.74, 6) is -0.372. The molecule has 6 nitrogen and oxygen atoms in total. The van der Waals surface area contributed by atoms with Crippen LogP contribution in [-0.4, -0.2) is 44.0 Å². The Kier molecular flexibility index (Phi) is 18.8. The summed E-state index contributed by atoms with van der Waals surface area (Å²) < 4.78 is 44.9. The van der Waals surface area contributed by atoms with E-state index < -0.39 is 21.3 Å². The molecule has 0 saturated heterocycles. The number of hydrogen-bond acceptors (Lipinski definition) is 6. The van der Waals surface area contributed by atoms with Crippen molar-refractivity contribution in [2.75, 3.05) is 19.8 Å². The molecule has 8 heteroatoms. The number of carbonyl (C=O) groups excluding carboxylic acids is 1. The predicted octanol–water partition coefficient (Wildman–Crippen LogP) is 0.897. The number of carbonyl (C=O) groups is 1. The molecule has 2 unspecified atom stereocenters. The Hall–Kier alpha value is 0.340. The third-order valence-electron chi connectivity index (χ3n) is 4.63. The van der Waals surface area contributed by atoms with Gasteiger partial charge in [-0.05, 0) is 31.1 Å². The predicted molar refractivity (Wildman–Crippen MR) is 102 cm³/mol. The average molecular weight is 417 g/mol. The van der Waals surface area contributed by atoms with E-state index in [1.807, 2.05) is 13.8 Å². The topological polar surface area (TPSA) is 92.7 Å². The van der Waals surface area contributed by atoms with E-state index in [0.29, 0.717) is 12.5 Å². The third kappa shape index (κ3) is 14.9. The van der Waals surface area contributed by atoms with Crippen LogP contribution in [0.4, 0.5) is 0 Å². The first-order valence-corrected chi connectivity index (χ1v) is 11.4. The van der Waals surface area contributed by atoms with Gasteiger partial charge in [0.15, 0.2) is 0 Å². The maximum absolute atomic E-state index is 12.2. The van der Waals surface area contributed by atoms with E-state index in [9.17, 15) is 17.8 Å². The second kappa shape index (κ2) is 17.2. The summed E-state index contributed by atoms with van der Waals surface area (Å²) >= 11 is 0. The zero-order chi connectivity index (χ0) is 20.0. The fourth-order valence-electron chi connectivity index (χ4n) is 2.56. The molecule has 0 aliphatic carbocycles. The summed E-state index contributed by atoms with van der Waals surface area (Å²) in [7, 11) is -4.76. The SMILES string of the molecule is CCCCC(CCCC)COC(=O)C(CCOCC(C)CC)S(=O)(=O)[O-].[Na+]. The van der Waals surface area contributed by atoms with Crippen molar-refractivity contribution in [2.24, 2.45) is 11.8 Å². The van der Waals surface area contributed by atoms with Crippen LogP contribution in [0.3, 0.4) is 0 Å². The van der Waals surface area contributed by atoms with Crippen molar-refractivity contribution >= 4 is 16.1 Å². The maximum atomic E-state index is 12.2. The summed E-state index contributed by atoms with van der Waals surface area (Å²) in [6, 6.07) is 0. The maximum Gasteiger partial charge on any atom is 1.00 e. The van der Waals surface area contributed by atoms with Gasteiger partial charge in [0.05, 0.1) is 6.61 Å². The van der Waals surface area contributed by atoms with Gasteiger partial charge in [0, 0.05) is 13.2 Å². The molecule has 0 radical (unpaired) electrons. The minimum atomic E-state index is -4.76. The van der Waals surface area contributed by atoms with E-state index in [2.05, 4.69) is 13.8 Å². The molecule has 0 aromatic heterocycles. The Labute approximate surface area is 188 Å². The van der Waals surface area contributed by atoms with Crippen molar-refractivity contribution in [3.05, 3.63) is 0 Å². The summed E-state index contributed by atoms with van der Waals surface area (Å²) in [6.45, 7) is 8.96. The number of hydrogen-bond donors (Lipinski definition) is 0. The zero-order valence-corrected chi connectivity index (χ0v) is 20.7. The van der Waals surface area contributed by atoms with Crippen LogP contribution in [0.25, 0.3) is 0 Å². The van der Waals surface area contributed by atoms with Gasteiger partial charge in [0.1, 0.15) is 15.4 Å². The van der Waals surface area contributed by atoms with Crippen LogP contribution >= 0.6 is 0 Å². The smallest absolute Gasteiger partial charge is 0.747 e. The Balaban J connectivity index is 0. The van der Waals surface area contributed by atoms with Crippen LogP contribution < -0.4 is 29.6 Å². The Morgan fingerprint density at radius 2 is 1.56 bits per heavy atom. The Morgan fingerprint density at radius 1 is 1.00 bits per heavy atom. The number of rotatable bonds is 16. The minimum Gasteiger partial charge on any atom is -0.747 e. The van der Waals surface area contributed by atoms with Gasteiger partial charge in [0.2, 0.25) is 0 Å². The molecular formula is C19H37NaO6S. The second-order valence-corrected chi connectivity index (χ2v) is 8.69. The van der Waals surface area contributed by atoms with Crippen LogP contribution in [0.1, 0.15) is 79.1 Å². The molecule has 0 amide bonds. The molecular weight excluding hydrogens is 379 g/mol. The van der Waals surface area contributed by atoms with Crippen LogP contribution in [-0.2, 0) is 24.4 Å². The van der Waals surface area contributed by atoms with Gasteiger partial charge in [-0.2, -0.15) is 0 Å². The number of esters is 1. The molecule has 0 rings (SSSR count). The van der Waals surface area contributed by atoms with Crippen molar-refractivity contribution in [2.45, 2.75) is 84.3 Å². The average Bonchev–Trinajstić information content (AvgIpc) is 2.59. The van der Waals surface area contributed by atoms with Crippen LogP contribution in [0.5, 0.6) is 0 Å². The third-order valence-corrected chi connectivity index (χ3v) is 5.75. The molecule has 0 fully saturated rings. The summed E-state index contributed by atoms with van der Waals surface area (Å²) in [4.78, 5) is 12.2. The molecule has 0 spiro atoms. The number of ether oxygens (including phenoxy) is 2. The van der Waals surface area contributed by atoms with E-state index in [1.54, 1.807) is 0 Å². The zero-order valence-electron chi connectivity index (χ0n) is 17.9.